The summed E-state index contributed by atoms with van der Waals surface area (Å²) in [6.45, 7) is 2.96. The lowest BCUT2D eigenvalue weighted by atomic mass is 10.1. The summed E-state index contributed by atoms with van der Waals surface area (Å²) in [6, 6.07) is 6.17. The van der Waals surface area contributed by atoms with Crippen LogP contribution in [0.15, 0.2) is 18.2 Å². The van der Waals surface area contributed by atoms with Crippen LogP contribution in [0.25, 0.3) is 0 Å². The highest BCUT2D eigenvalue weighted by Gasteiger charge is 2.03. The van der Waals surface area contributed by atoms with E-state index in [0.717, 1.165) is 30.8 Å². The average Bonchev–Trinajstić information content (AvgIpc) is 2.28. The molecular weight excluding hydrogens is 264 g/mol. The summed E-state index contributed by atoms with van der Waals surface area (Å²) in [5.41, 5.74) is 1.15. The number of hydrogen-bond donors (Lipinski definition) is 1. The smallest absolute Gasteiger partial charge is 0.0595 e. The molecule has 0 aromatic heterocycles. The second-order valence-corrected chi connectivity index (χ2v) is 5.05. The Morgan fingerprint density at radius 1 is 1.25 bits per heavy atom. The van der Waals surface area contributed by atoms with Crippen molar-refractivity contribution >= 4 is 34.8 Å². The molecule has 90 valence electrons. The van der Waals surface area contributed by atoms with E-state index in [1.165, 1.54) is 0 Å². The van der Waals surface area contributed by atoms with Gasteiger partial charge in [-0.15, -0.1) is 11.6 Å². The van der Waals surface area contributed by atoms with Crippen molar-refractivity contribution in [2.45, 2.75) is 32.4 Å². The van der Waals surface area contributed by atoms with E-state index in [1.807, 2.05) is 18.2 Å². The molecule has 0 aliphatic rings. The highest BCUT2D eigenvalue weighted by atomic mass is 35.5. The fourth-order valence-electron chi connectivity index (χ4n) is 1.43. The summed E-state index contributed by atoms with van der Waals surface area (Å²) in [7, 11) is 0. The number of halogens is 3. The lowest BCUT2D eigenvalue weighted by Crippen LogP contribution is -2.25. The molecule has 1 rings (SSSR count). The van der Waals surface area contributed by atoms with E-state index in [1.54, 1.807) is 0 Å². The third-order valence-corrected chi connectivity index (χ3v) is 3.42. The molecule has 1 aromatic carbocycles. The Kier molecular flexibility index (Phi) is 6.52. The summed E-state index contributed by atoms with van der Waals surface area (Å²) in [6.07, 6.45) is 2.13. The number of alkyl halides is 1. The van der Waals surface area contributed by atoms with Crippen LogP contribution in [0.1, 0.15) is 25.3 Å². The first-order chi connectivity index (χ1) is 7.63. The van der Waals surface area contributed by atoms with Gasteiger partial charge in [-0.1, -0.05) is 29.3 Å². The van der Waals surface area contributed by atoms with E-state index in [2.05, 4.69) is 12.2 Å². The Morgan fingerprint density at radius 2 is 2.00 bits per heavy atom. The van der Waals surface area contributed by atoms with Gasteiger partial charge in [-0.2, -0.15) is 0 Å². The molecule has 0 aliphatic heterocycles. The maximum Gasteiger partial charge on any atom is 0.0595 e. The molecule has 0 fully saturated rings. The Bertz CT molecular complexity index is 328. The predicted molar refractivity (Wildman–Crippen MR) is 72.7 cm³/mol. The molecule has 1 N–H and O–H groups in total. The van der Waals surface area contributed by atoms with Crippen molar-refractivity contribution in [2.75, 3.05) is 5.88 Å². The summed E-state index contributed by atoms with van der Waals surface area (Å²) < 4.78 is 0. The SMILES string of the molecule is CC(CCCCl)NCc1ccc(Cl)c(Cl)c1. The first kappa shape index (κ1) is 14.1. The normalized spacial score (nSPS) is 12.8. The van der Waals surface area contributed by atoms with Gasteiger partial charge in [-0.05, 0) is 37.5 Å². The molecule has 0 saturated heterocycles. The maximum atomic E-state index is 5.94. The zero-order valence-corrected chi connectivity index (χ0v) is 11.5. The first-order valence-corrected chi connectivity index (χ1v) is 6.66. The summed E-state index contributed by atoms with van der Waals surface area (Å²) in [5, 5.41) is 4.62. The van der Waals surface area contributed by atoms with Crippen LogP contribution in [0.3, 0.4) is 0 Å². The summed E-state index contributed by atoms with van der Waals surface area (Å²) in [4.78, 5) is 0. The fraction of sp³-hybridized carbons (Fsp3) is 0.500. The van der Waals surface area contributed by atoms with E-state index in [9.17, 15) is 0 Å². The number of hydrogen-bond acceptors (Lipinski definition) is 1. The molecule has 0 bridgehead atoms. The van der Waals surface area contributed by atoms with Crippen molar-refractivity contribution in [1.82, 2.24) is 5.32 Å². The lowest BCUT2D eigenvalue weighted by molar-refractivity contribution is 0.509. The van der Waals surface area contributed by atoms with Gasteiger partial charge in [0.25, 0.3) is 0 Å². The van der Waals surface area contributed by atoms with Crippen molar-refractivity contribution in [3.8, 4) is 0 Å². The lowest BCUT2D eigenvalue weighted by Gasteiger charge is -2.13. The van der Waals surface area contributed by atoms with Crippen LogP contribution in [-0.2, 0) is 6.54 Å². The van der Waals surface area contributed by atoms with Crippen molar-refractivity contribution in [3.05, 3.63) is 33.8 Å². The van der Waals surface area contributed by atoms with Crippen LogP contribution in [0, 0.1) is 0 Å². The third-order valence-electron chi connectivity index (χ3n) is 2.41. The Balaban J connectivity index is 2.39. The van der Waals surface area contributed by atoms with Crippen LogP contribution in [0.4, 0.5) is 0 Å². The highest BCUT2D eigenvalue weighted by Crippen LogP contribution is 2.22. The summed E-state index contributed by atoms with van der Waals surface area (Å²) in [5.74, 6) is 0.721. The van der Waals surface area contributed by atoms with Gasteiger partial charge in [0.05, 0.1) is 10.0 Å². The van der Waals surface area contributed by atoms with Gasteiger partial charge >= 0.3 is 0 Å². The molecule has 1 aromatic rings. The first-order valence-electron chi connectivity index (χ1n) is 5.36. The van der Waals surface area contributed by atoms with Crippen molar-refractivity contribution in [2.24, 2.45) is 0 Å². The topological polar surface area (TPSA) is 12.0 Å². The van der Waals surface area contributed by atoms with Gasteiger partial charge in [0.1, 0.15) is 0 Å². The van der Waals surface area contributed by atoms with Gasteiger partial charge in [-0.3, -0.25) is 0 Å². The molecule has 4 heteroatoms. The zero-order valence-electron chi connectivity index (χ0n) is 9.27. The van der Waals surface area contributed by atoms with Gasteiger partial charge in [0.15, 0.2) is 0 Å². The van der Waals surface area contributed by atoms with E-state index in [0.29, 0.717) is 16.1 Å². The molecule has 1 nitrogen and oxygen atoms in total. The van der Waals surface area contributed by atoms with Crippen molar-refractivity contribution < 1.29 is 0 Å². The molecule has 1 atom stereocenters. The highest BCUT2D eigenvalue weighted by molar-refractivity contribution is 6.42. The monoisotopic (exact) mass is 279 g/mol. The average molecular weight is 281 g/mol. The molecule has 0 heterocycles. The van der Waals surface area contributed by atoms with Crippen molar-refractivity contribution in [3.63, 3.8) is 0 Å². The largest absolute Gasteiger partial charge is 0.310 e. The fourth-order valence-corrected chi connectivity index (χ4v) is 1.90. The molecule has 0 spiro atoms. The van der Waals surface area contributed by atoms with Gasteiger partial charge < -0.3 is 5.32 Å². The third kappa shape index (κ3) is 4.92. The molecule has 0 amide bonds. The minimum atomic E-state index is 0.466. The van der Waals surface area contributed by atoms with Gasteiger partial charge in [0, 0.05) is 18.5 Å². The van der Waals surface area contributed by atoms with Crippen LogP contribution < -0.4 is 5.32 Å². The molecule has 16 heavy (non-hydrogen) atoms. The number of benzene rings is 1. The molecule has 0 aliphatic carbocycles. The Morgan fingerprint density at radius 3 is 2.62 bits per heavy atom. The van der Waals surface area contributed by atoms with Crippen molar-refractivity contribution in [1.29, 1.82) is 0 Å². The van der Waals surface area contributed by atoms with E-state index < -0.39 is 0 Å². The number of rotatable bonds is 6. The molecule has 1 unspecified atom stereocenters. The second-order valence-electron chi connectivity index (χ2n) is 3.86. The Labute approximate surface area is 112 Å². The Hall–Kier alpha value is 0.0500. The van der Waals surface area contributed by atoms with E-state index in [-0.39, 0.29) is 0 Å². The van der Waals surface area contributed by atoms with Gasteiger partial charge in [-0.25, -0.2) is 0 Å². The summed E-state index contributed by atoms with van der Waals surface area (Å²) >= 11 is 17.4. The molecular formula is C12H16Cl3N. The predicted octanol–water partition coefficient (Wildman–Crippen LogP) is 4.49. The minimum absolute atomic E-state index is 0.466. The minimum Gasteiger partial charge on any atom is -0.310 e. The van der Waals surface area contributed by atoms with Crippen LogP contribution >= 0.6 is 34.8 Å². The maximum absolute atomic E-state index is 5.94. The van der Waals surface area contributed by atoms with Crippen LogP contribution in [0.5, 0.6) is 0 Å². The standard InChI is InChI=1S/C12H16Cl3N/c1-9(3-2-6-13)16-8-10-4-5-11(14)12(15)7-10/h4-5,7,9,16H,2-3,6,8H2,1H3. The molecule has 0 radical (unpaired) electrons. The van der Waals surface area contributed by atoms with Gasteiger partial charge in [0.2, 0.25) is 0 Å². The number of nitrogens with one attached hydrogen (secondary N) is 1. The van der Waals surface area contributed by atoms with E-state index >= 15 is 0 Å². The zero-order chi connectivity index (χ0) is 12.0. The second kappa shape index (κ2) is 7.39. The van der Waals surface area contributed by atoms with Crippen LogP contribution in [0.2, 0.25) is 10.0 Å². The van der Waals surface area contributed by atoms with Crippen LogP contribution in [-0.4, -0.2) is 11.9 Å². The quantitative estimate of drug-likeness (QED) is 0.757. The van der Waals surface area contributed by atoms with E-state index in [4.69, 9.17) is 34.8 Å². The molecule has 0 saturated carbocycles.